The molecule has 100 valence electrons. The van der Waals surface area contributed by atoms with Crippen molar-refractivity contribution in [1.82, 2.24) is 4.98 Å². The maximum Gasteiger partial charge on any atom is 0.147 e. The third-order valence-electron chi connectivity index (χ3n) is 2.88. The van der Waals surface area contributed by atoms with Crippen molar-refractivity contribution in [1.29, 1.82) is 0 Å². The van der Waals surface area contributed by atoms with Gasteiger partial charge in [0.25, 0.3) is 0 Å². The number of nitrogens with two attached hydrogens (primary N) is 1. The topological polar surface area (TPSA) is 48.1 Å². The smallest absolute Gasteiger partial charge is 0.147 e. The van der Waals surface area contributed by atoms with Crippen LogP contribution in [-0.2, 0) is 0 Å². The molecule has 0 aliphatic carbocycles. The Bertz CT molecular complexity index is 597. The first-order chi connectivity index (χ1) is 8.97. The maximum absolute atomic E-state index is 6.24. The van der Waals surface area contributed by atoms with Crippen LogP contribution in [0, 0.1) is 6.92 Å². The molecule has 19 heavy (non-hydrogen) atoms. The number of benzene rings is 1. The number of ether oxygens (including phenoxy) is 1. The van der Waals surface area contributed by atoms with E-state index in [1.165, 1.54) is 0 Å². The van der Waals surface area contributed by atoms with Gasteiger partial charge in [-0.15, -0.1) is 0 Å². The summed E-state index contributed by atoms with van der Waals surface area (Å²) in [5.41, 5.74) is 8.32. The Morgan fingerprint density at radius 2 is 1.95 bits per heavy atom. The number of nitrogens with zero attached hydrogens (tertiary/aromatic N) is 1. The van der Waals surface area contributed by atoms with Crippen molar-refractivity contribution in [2.75, 3.05) is 5.73 Å². The first-order valence-electron chi connectivity index (χ1n) is 6.16. The lowest BCUT2D eigenvalue weighted by molar-refractivity contribution is 0.476. The molecule has 3 nitrogen and oxygen atoms in total. The van der Waals surface area contributed by atoms with E-state index in [1.54, 1.807) is 18.5 Å². The largest absolute Gasteiger partial charge is 0.455 e. The third kappa shape index (κ3) is 3.18. The van der Waals surface area contributed by atoms with E-state index in [0.717, 1.165) is 21.9 Å². The molecule has 0 aliphatic heterocycles. The second-order valence-electron chi connectivity index (χ2n) is 4.85. The molecule has 1 aromatic heterocycles. The van der Waals surface area contributed by atoms with Crippen LogP contribution in [0.1, 0.15) is 30.9 Å². The molecule has 0 radical (unpaired) electrons. The standard InChI is InChI=1S/C15H17ClN2O/c1-9(2)13-6-15(10(3)4-14(13)16)19-12-5-11(17)7-18-8-12/h4-9H,17H2,1-3H3. The van der Waals surface area contributed by atoms with Crippen LogP contribution in [0.4, 0.5) is 5.69 Å². The van der Waals surface area contributed by atoms with Crippen LogP contribution in [-0.4, -0.2) is 4.98 Å². The van der Waals surface area contributed by atoms with Gasteiger partial charge in [-0.1, -0.05) is 25.4 Å². The summed E-state index contributed by atoms with van der Waals surface area (Å²) in [5.74, 6) is 1.75. The van der Waals surface area contributed by atoms with E-state index in [1.807, 2.05) is 19.1 Å². The van der Waals surface area contributed by atoms with Gasteiger partial charge < -0.3 is 10.5 Å². The van der Waals surface area contributed by atoms with Gasteiger partial charge >= 0.3 is 0 Å². The van der Waals surface area contributed by atoms with Crippen LogP contribution in [0.3, 0.4) is 0 Å². The van der Waals surface area contributed by atoms with Gasteiger partial charge in [0.1, 0.15) is 11.5 Å². The molecule has 0 amide bonds. The third-order valence-corrected chi connectivity index (χ3v) is 3.21. The summed E-state index contributed by atoms with van der Waals surface area (Å²) in [4.78, 5) is 4.01. The first kappa shape index (κ1) is 13.7. The molecule has 0 aliphatic rings. The Hall–Kier alpha value is -1.74. The van der Waals surface area contributed by atoms with E-state index in [2.05, 4.69) is 18.8 Å². The molecular weight excluding hydrogens is 260 g/mol. The molecule has 0 atom stereocenters. The van der Waals surface area contributed by atoms with Gasteiger partial charge in [0.2, 0.25) is 0 Å². The Morgan fingerprint density at radius 3 is 2.58 bits per heavy atom. The second kappa shape index (κ2) is 5.49. The molecule has 2 rings (SSSR count). The van der Waals surface area contributed by atoms with Gasteiger partial charge in [-0.3, -0.25) is 4.98 Å². The SMILES string of the molecule is Cc1cc(Cl)c(C(C)C)cc1Oc1cncc(N)c1. The van der Waals surface area contributed by atoms with Crippen LogP contribution in [0.15, 0.2) is 30.6 Å². The minimum Gasteiger partial charge on any atom is -0.455 e. The lowest BCUT2D eigenvalue weighted by Crippen LogP contribution is -1.95. The highest BCUT2D eigenvalue weighted by Gasteiger charge is 2.11. The molecule has 0 saturated heterocycles. The number of hydrogen-bond acceptors (Lipinski definition) is 3. The highest BCUT2D eigenvalue weighted by atomic mass is 35.5. The van der Waals surface area contributed by atoms with Crippen LogP contribution < -0.4 is 10.5 Å². The van der Waals surface area contributed by atoms with E-state index in [0.29, 0.717) is 17.4 Å². The quantitative estimate of drug-likeness (QED) is 0.895. The monoisotopic (exact) mass is 276 g/mol. The molecule has 0 fully saturated rings. The Labute approximate surface area is 118 Å². The van der Waals surface area contributed by atoms with Gasteiger partial charge in [-0.2, -0.15) is 0 Å². The number of halogens is 1. The summed E-state index contributed by atoms with van der Waals surface area (Å²) in [7, 11) is 0. The molecular formula is C15H17ClN2O. The van der Waals surface area contributed by atoms with Crippen molar-refractivity contribution in [2.45, 2.75) is 26.7 Å². The summed E-state index contributed by atoms with van der Waals surface area (Å²) in [6.07, 6.45) is 3.22. The summed E-state index contributed by atoms with van der Waals surface area (Å²) in [6, 6.07) is 5.65. The zero-order valence-corrected chi connectivity index (χ0v) is 12.0. The van der Waals surface area contributed by atoms with Crippen molar-refractivity contribution in [3.8, 4) is 11.5 Å². The summed E-state index contributed by atoms with van der Waals surface area (Å²) >= 11 is 6.24. The van der Waals surface area contributed by atoms with Gasteiger partial charge in [0.15, 0.2) is 0 Å². The fourth-order valence-electron chi connectivity index (χ4n) is 1.84. The Balaban J connectivity index is 2.37. The number of aryl methyl sites for hydroxylation is 1. The maximum atomic E-state index is 6.24. The van der Waals surface area contributed by atoms with Crippen molar-refractivity contribution >= 4 is 17.3 Å². The Morgan fingerprint density at radius 1 is 1.21 bits per heavy atom. The minimum absolute atomic E-state index is 0.342. The highest BCUT2D eigenvalue weighted by molar-refractivity contribution is 6.31. The number of hydrogen-bond donors (Lipinski definition) is 1. The summed E-state index contributed by atoms with van der Waals surface area (Å²) in [5, 5.41) is 0.769. The average Bonchev–Trinajstić information content (AvgIpc) is 2.32. The van der Waals surface area contributed by atoms with Crippen molar-refractivity contribution in [3.05, 3.63) is 46.7 Å². The van der Waals surface area contributed by atoms with Gasteiger partial charge in [-0.05, 0) is 36.1 Å². The normalized spacial score (nSPS) is 10.8. The molecule has 4 heteroatoms. The van der Waals surface area contributed by atoms with Crippen molar-refractivity contribution < 1.29 is 4.74 Å². The average molecular weight is 277 g/mol. The number of rotatable bonds is 3. The van der Waals surface area contributed by atoms with Crippen molar-refractivity contribution in [2.24, 2.45) is 0 Å². The molecule has 2 aromatic rings. The number of nitrogen functional groups attached to an aromatic ring is 1. The lowest BCUT2D eigenvalue weighted by Gasteiger charge is -2.14. The molecule has 1 heterocycles. The first-order valence-corrected chi connectivity index (χ1v) is 6.53. The van der Waals surface area contributed by atoms with Crippen LogP contribution >= 0.6 is 11.6 Å². The van der Waals surface area contributed by atoms with Crippen LogP contribution in [0.25, 0.3) is 0 Å². The number of pyridine rings is 1. The number of anilines is 1. The van der Waals surface area contributed by atoms with E-state index in [4.69, 9.17) is 22.1 Å². The van der Waals surface area contributed by atoms with Gasteiger partial charge in [0, 0.05) is 11.1 Å². The summed E-state index contributed by atoms with van der Waals surface area (Å²) < 4.78 is 5.83. The molecule has 0 unspecified atom stereocenters. The zero-order chi connectivity index (χ0) is 14.0. The van der Waals surface area contributed by atoms with E-state index in [9.17, 15) is 0 Å². The van der Waals surface area contributed by atoms with Gasteiger partial charge in [0.05, 0.1) is 18.1 Å². The predicted molar refractivity (Wildman–Crippen MR) is 79.0 cm³/mol. The fourth-order valence-corrected chi connectivity index (χ4v) is 2.28. The minimum atomic E-state index is 0.342. The lowest BCUT2D eigenvalue weighted by atomic mass is 10.0. The zero-order valence-electron chi connectivity index (χ0n) is 11.3. The molecule has 0 spiro atoms. The van der Waals surface area contributed by atoms with Gasteiger partial charge in [-0.25, -0.2) is 0 Å². The van der Waals surface area contributed by atoms with E-state index >= 15 is 0 Å². The predicted octanol–water partition coefficient (Wildman–Crippen LogP) is 4.54. The summed E-state index contributed by atoms with van der Waals surface area (Å²) in [6.45, 7) is 6.16. The number of aromatic nitrogens is 1. The second-order valence-corrected chi connectivity index (χ2v) is 5.26. The highest BCUT2D eigenvalue weighted by Crippen LogP contribution is 2.33. The molecule has 0 bridgehead atoms. The van der Waals surface area contributed by atoms with Crippen LogP contribution in [0.5, 0.6) is 11.5 Å². The molecule has 0 saturated carbocycles. The Kier molecular flexibility index (Phi) is 3.96. The van der Waals surface area contributed by atoms with Crippen LogP contribution in [0.2, 0.25) is 5.02 Å². The molecule has 1 aromatic carbocycles. The van der Waals surface area contributed by atoms with Crippen molar-refractivity contribution in [3.63, 3.8) is 0 Å². The fraction of sp³-hybridized carbons (Fsp3) is 0.267. The van der Waals surface area contributed by atoms with E-state index < -0.39 is 0 Å². The molecule has 2 N–H and O–H groups in total. The van der Waals surface area contributed by atoms with E-state index in [-0.39, 0.29) is 0 Å².